The Bertz CT molecular complexity index is 486. The molecule has 1 unspecified atom stereocenters. The number of carbonyl (C=O) groups is 1. The Morgan fingerprint density at radius 2 is 2.40 bits per heavy atom. The summed E-state index contributed by atoms with van der Waals surface area (Å²) in [4.78, 5) is 11.4. The van der Waals surface area contributed by atoms with Gasteiger partial charge in [0, 0.05) is 30.6 Å². The van der Waals surface area contributed by atoms with E-state index < -0.39 is 5.60 Å². The van der Waals surface area contributed by atoms with Crippen molar-refractivity contribution in [1.29, 1.82) is 0 Å². The highest BCUT2D eigenvalue weighted by atomic mass is 79.9. The van der Waals surface area contributed by atoms with Gasteiger partial charge in [-0.2, -0.15) is 0 Å². The lowest BCUT2D eigenvalue weighted by atomic mass is 10.0. The number of nitrogens with one attached hydrogen (secondary N) is 1. The molecular weight excluding hydrogens is 326 g/mol. The van der Waals surface area contributed by atoms with Crippen molar-refractivity contribution in [1.82, 2.24) is 5.32 Å². The zero-order valence-electron chi connectivity index (χ0n) is 11.3. The highest BCUT2D eigenvalue weighted by Gasteiger charge is 2.31. The molecule has 0 spiro atoms. The monoisotopic (exact) mass is 343 g/mol. The molecule has 0 radical (unpaired) electrons. The van der Waals surface area contributed by atoms with Gasteiger partial charge in [-0.15, -0.1) is 0 Å². The lowest BCUT2D eigenvalue weighted by molar-refractivity contribution is 0.0268. The Morgan fingerprint density at radius 3 is 3.00 bits per heavy atom. The summed E-state index contributed by atoms with van der Waals surface area (Å²) in [5.74, 6) is -0.359. The molecule has 2 rings (SSSR count). The van der Waals surface area contributed by atoms with Gasteiger partial charge in [-0.25, -0.2) is 4.79 Å². The molecule has 1 aromatic carbocycles. The number of aliphatic hydroxyl groups is 1. The average molecular weight is 344 g/mol. The summed E-state index contributed by atoms with van der Waals surface area (Å²) in [5.41, 5.74) is 0.754. The maximum absolute atomic E-state index is 11.4. The normalized spacial score (nSPS) is 21.9. The molecule has 1 aliphatic rings. The third-order valence-electron chi connectivity index (χ3n) is 3.33. The zero-order valence-corrected chi connectivity index (χ0v) is 12.9. The summed E-state index contributed by atoms with van der Waals surface area (Å²) in [7, 11) is 1.36. The smallest absolute Gasteiger partial charge is 0.337 e. The van der Waals surface area contributed by atoms with Gasteiger partial charge in [0.1, 0.15) is 5.60 Å². The van der Waals surface area contributed by atoms with Gasteiger partial charge in [-0.1, -0.05) is 22.0 Å². The van der Waals surface area contributed by atoms with E-state index in [1.165, 1.54) is 7.11 Å². The molecule has 0 aromatic heterocycles. The molecule has 1 saturated heterocycles. The maximum atomic E-state index is 11.4. The first-order chi connectivity index (χ1) is 9.54. The average Bonchev–Trinajstić information content (AvgIpc) is 2.86. The molecule has 0 saturated carbocycles. The largest absolute Gasteiger partial charge is 0.465 e. The molecule has 20 heavy (non-hydrogen) atoms. The van der Waals surface area contributed by atoms with Crippen molar-refractivity contribution in [2.24, 2.45) is 0 Å². The maximum Gasteiger partial charge on any atom is 0.337 e. The van der Waals surface area contributed by atoms with Gasteiger partial charge >= 0.3 is 5.97 Å². The van der Waals surface area contributed by atoms with Crippen molar-refractivity contribution in [2.75, 3.05) is 26.9 Å². The highest BCUT2D eigenvalue weighted by molar-refractivity contribution is 9.10. The number of ether oxygens (including phenoxy) is 2. The molecule has 2 N–H and O–H groups in total. The number of methoxy groups -OCH3 is 1. The Labute approximate surface area is 126 Å². The lowest BCUT2D eigenvalue weighted by Gasteiger charge is -2.21. The minimum atomic E-state index is -0.765. The van der Waals surface area contributed by atoms with Crippen molar-refractivity contribution < 1.29 is 19.4 Å². The van der Waals surface area contributed by atoms with Crippen molar-refractivity contribution in [3.05, 3.63) is 33.8 Å². The third kappa shape index (κ3) is 3.79. The predicted octanol–water partition coefficient (Wildman–Crippen LogP) is 1.48. The van der Waals surface area contributed by atoms with E-state index in [0.29, 0.717) is 38.3 Å². The second kappa shape index (κ2) is 6.67. The fourth-order valence-corrected chi connectivity index (χ4v) is 2.62. The van der Waals surface area contributed by atoms with E-state index in [-0.39, 0.29) is 5.97 Å². The van der Waals surface area contributed by atoms with Gasteiger partial charge < -0.3 is 19.9 Å². The second-order valence-electron chi connectivity index (χ2n) is 4.93. The predicted molar refractivity (Wildman–Crippen MR) is 77.6 cm³/mol. The van der Waals surface area contributed by atoms with E-state index >= 15 is 0 Å². The highest BCUT2D eigenvalue weighted by Crippen LogP contribution is 2.20. The van der Waals surface area contributed by atoms with Crippen LogP contribution in [0, 0.1) is 0 Å². The van der Waals surface area contributed by atoms with Gasteiger partial charge in [0.05, 0.1) is 19.3 Å². The van der Waals surface area contributed by atoms with E-state index in [1.807, 2.05) is 6.07 Å². The summed E-state index contributed by atoms with van der Waals surface area (Å²) in [6, 6.07) is 5.32. The second-order valence-corrected chi connectivity index (χ2v) is 5.78. The van der Waals surface area contributed by atoms with Gasteiger partial charge in [0.15, 0.2) is 0 Å². The number of hydrogen-bond donors (Lipinski definition) is 2. The fourth-order valence-electron chi connectivity index (χ4n) is 2.10. The van der Waals surface area contributed by atoms with Gasteiger partial charge in [-0.3, -0.25) is 0 Å². The van der Waals surface area contributed by atoms with Crippen LogP contribution in [0.25, 0.3) is 0 Å². The number of benzene rings is 1. The Balaban J connectivity index is 1.91. The quantitative estimate of drug-likeness (QED) is 0.792. The van der Waals surface area contributed by atoms with Gasteiger partial charge in [0.2, 0.25) is 0 Å². The molecule has 110 valence electrons. The van der Waals surface area contributed by atoms with E-state index in [2.05, 4.69) is 26.0 Å². The molecule has 1 atom stereocenters. The minimum Gasteiger partial charge on any atom is -0.465 e. The Hall–Kier alpha value is -0.950. The Kier molecular flexibility index (Phi) is 5.15. The lowest BCUT2D eigenvalue weighted by Crippen LogP contribution is -2.40. The summed E-state index contributed by atoms with van der Waals surface area (Å²) in [6.07, 6.45) is 0.655. The molecular formula is C14H18BrNO4. The van der Waals surface area contributed by atoms with Crippen LogP contribution in [-0.2, 0) is 16.0 Å². The van der Waals surface area contributed by atoms with Crippen molar-refractivity contribution in [3.8, 4) is 0 Å². The van der Waals surface area contributed by atoms with Crippen LogP contribution < -0.4 is 5.32 Å². The number of esters is 1. The molecule has 1 fully saturated rings. The minimum absolute atomic E-state index is 0.359. The first kappa shape index (κ1) is 15.4. The summed E-state index contributed by atoms with van der Waals surface area (Å²) >= 11 is 3.44. The van der Waals surface area contributed by atoms with Crippen LogP contribution in [0.3, 0.4) is 0 Å². The molecule has 5 nitrogen and oxygen atoms in total. The first-order valence-corrected chi connectivity index (χ1v) is 7.21. The number of carbonyl (C=O) groups excluding carboxylic acids is 1. The van der Waals surface area contributed by atoms with E-state index in [0.717, 1.165) is 10.0 Å². The van der Waals surface area contributed by atoms with Crippen molar-refractivity contribution in [3.63, 3.8) is 0 Å². The zero-order chi connectivity index (χ0) is 14.6. The van der Waals surface area contributed by atoms with Crippen LogP contribution in [0.5, 0.6) is 0 Å². The number of hydrogen-bond acceptors (Lipinski definition) is 5. The summed E-state index contributed by atoms with van der Waals surface area (Å²) < 4.78 is 10.7. The van der Waals surface area contributed by atoms with E-state index in [4.69, 9.17) is 4.74 Å². The van der Waals surface area contributed by atoms with Gasteiger partial charge in [-0.05, 0) is 17.7 Å². The van der Waals surface area contributed by atoms with Crippen LogP contribution in [0.15, 0.2) is 22.7 Å². The van der Waals surface area contributed by atoms with Crippen LogP contribution in [0.4, 0.5) is 0 Å². The van der Waals surface area contributed by atoms with Gasteiger partial charge in [0.25, 0.3) is 0 Å². The fraction of sp³-hybridized carbons (Fsp3) is 0.500. The van der Waals surface area contributed by atoms with Crippen molar-refractivity contribution in [2.45, 2.75) is 18.6 Å². The van der Waals surface area contributed by atoms with Crippen LogP contribution >= 0.6 is 15.9 Å². The SMILES string of the molecule is COC(=O)c1ccc(CNCC2(O)CCOC2)c(Br)c1. The standard InChI is InChI=1S/C14H18BrNO4/c1-19-13(17)10-2-3-11(12(15)6-10)7-16-8-14(18)4-5-20-9-14/h2-3,6,16,18H,4-5,7-9H2,1H3. The van der Waals surface area contributed by atoms with Crippen molar-refractivity contribution >= 4 is 21.9 Å². The molecule has 6 heteroatoms. The van der Waals surface area contributed by atoms with Crippen LogP contribution in [0.1, 0.15) is 22.3 Å². The molecule has 0 bridgehead atoms. The molecule has 0 aliphatic carbocycles. The molecule has 1 heterocycles. The summed E-state index contributed by atoms with van der Waals surface area (Å²) in [6.45, 7) is 2.07. The Morgan fingerprint density at radius 1 is 1.60 bits per heavy atom. The summed E-state index contributed by atoms with van der Waals surface area (Å²) in [5, 5.41) is 13.3. The third-order valence-corrected chi connectivity index (χ3v) is 4.06. The first-order valence-electron chi connectivity index (χ1n) is 6.42. The number of halogens is 1. The molecule has 1 aromatic rings. The van der Waals surface area contributed by atoms with E-state index in [9.17, 15) is 9.90 Å². The number of rotatable bonds is 5. The topological polar surface area (TPSA) is 67.8 Å². The van der Waals surface area contributed by atoms with Crippen LogP contribution in [0.2, 0.25) is 0 Å². The van der Waals surface area contributed by atoms with Crippen LogP contribution in [-0.4, -0.2) is 43.5 Å². The molecule has 1 aliphatic heterocycles. The van der Waals surface area contributed by atoms with E-state index in [1.54, 1.807) is 12.1 Å². The molecule has 0 amide bonds.